The minimum atomic E-state index is -3.52. The van der Waals surface area contributed by atoms with Crippen LogP contribution >= 0.6 is 15.9 Å². The van der Waals surface area contributed by atoms with Crippen LogP contribution in [0.15, 0.2) is 34.1 Å². The second-order valence-corrected chi connectivity index (χ2v) is 4.81. The Kier molecular flexibility index (Phi) is 3.24. The molecule has 3 nitrogen and oxygen atoms in total. The lowest BCUT2D eigenvalue weighted by atomic mass is 10.2. The Morgan fingerprint density at radius 3 is 2.23 bits per heavy atom. The molecule has 1 rings (SSSR count). The van der Waals surface area contributed by atoms with Crippen molar-refractivity contribution in [2.24, 2.45) is 5.14 Å². The average Bonchev–Trinajstić information content (AvgIpc) is 2.02. The highest BCUT2D eigenvalue weighted by Gasteiger charge is 1.93. The van der Waals surface area contributed by atoms with Crippen LogP contribution in [0.25, 0.3) is 6.08 Å². The van der Waals surface area contributed by atoms with E-state index in [0.717, 1.165) is 15.4 Å². The van der Waals surface area contributed by atoms with Crippen LogP contribution in [0.4, 0.5) is 0 Å². The van der Waals surface area contributed by atoms with E-state index in [1.807, 2.05) is 12.1 Å². The van der Waals surface area contributed by atoms with E-state index in [1.165, 1.54) is 6.08 Å². The van der Waals surface area contributed by atoms with Crippen LogP contribution in [0.3, 0.4) is 0 Å². The van der Waals surface area contributed by atoms with Gasteiger partial charge < -0.3 is 0 Å². The third kappa shape index (κ3) is 4.21. The first kappa shape index (κ1) is 10.4. The van der Waals surface area contributed by atoms with Crippen molar-refractivity contribution in [3.05, 3.63) is 39.7 Å². The van der Waals surface area contributed by atoms with Gasteiger partial charge in [-0.15, -0.1) is 0 Å². The molecule has 0 aliphatic heterocycles. The predicted octanol–water partition coefficient (Wildman–Crippen LogP) is 1.71. The standard InChI is InChI=1S/C8H8BrNO2S/c9-8-3-1-7(2-4-8)5-6-13(10,11)12/h1-6H,(H2,10,11,12). The lowest BCUT2D eigenvalue weighted by molar-refractivity contribution is 0.606. The molecule has 0 saturated heterocycles. The first-order valence-electron chi connectivity index (χ1n) is 3.44. The maximum absolute atomic E-state index is 10.6. The molecule has 0 aliphatic rings. The molecule has 70 valence electrons. The quantitative estimate of drug-likeness (QED) is 0.881. The summed E-state index contributed by atoms with van der Waals surface area (Å²) in [6, 6.07) is 7.21. The summed E-state index contributed by atoms with van der Waals surface area (Å²) in [7, 11) is -3.52. The van der Waals surface area contributed by atoms with Crippen LogP contribution in [-0.2, 0) is 10.0 Å². The van der Waals surface area contributed by atoms with E-state index in [2.05, 4.69) is 15.9 Å². The average molecular weight is 262 g/mol. The van der Waals surface area contributed by atoms with E-state index in [-0.39, 0.29) is 0 Å². The van der Waals surface area contributed by atoms with Gasteiger partial charge in [0, 0.05) is 9.88 Å². The minimum Gasteiger partial charge on any atom is -0.225 e. The van der Waals surface area contributed by atoms with Gasteiger partial charge in [0.1, 0.15) is 0 Å². The molecular weight excluding hydrogens is 254 g/mol. The molecule has 2 N–H and O–H groups in total. The molecule has 0 heterocycles. The summed E-state index contributed by atoms with van der Waals surface area (Å²) < 4.78 is 22.1. The summed E-state index contributed by atoms with van der Waals surface area (Å²) in [5, 5.41) is 5.76. The molecule has 0 spiro atoms. The first-order valence-corrected chi connectivity index (χ1v) is 5.84. The largest absolute Gasteiger partial charge is 0.231 e. The van der Waals surface area contributed by atoms with Crippen molar-refractivity contribution >= 4 is 32.0 Å². The van der Waals surface area contributed by atoms with Gasteiger partial charge in [-0.3, -0.25) is 0 Å². The third-order valence-electron chi connectivity index (χ3n) is 1.32. The van der Waals surface area contributed by atoms with Crippen LogP contribution < -0.4 is 5.14 Å². The normalized spacial score (nSPS) is 12.2. The Balaban J connectivity index is 2.88. The van der Waals surface area contributed by atoms with Crippen LogP contribution in [0, 0.1) is 0 Å². The fraction of sp³-hybridized carbons (Fsp3) is 0. The van der Waals surface area contributed by atoms with E-state index in [4.69, 9.17) is 5.14 Å². The molecule has 0 atom stereocenters. The van der Waals surface area contributed by atoms with Crippen molar-refractivity contribution in [1.29, 1.82) is 0 Å². The molecule has 0 unspecified atom stereocenters. The van der Waals surface area contributed by atoms with Gasteiger partial charge in [-0.2, -0.15) is 0 Å². The van der Waals surface area contributed by atoms with E-state index in [1.54, 1.807) is 12.1 Å². The minimum absolute atomic E-state index is 0.789. The maximum Gasteiger partial charge on any atom is 0.231 e. The summed E-state index contributed by atoms with van der Waals surface area (Å²) >= 11 is 3.27. The fourth-order valence-corrected chi connectivity index (χ4v) is 1.36. The number of primary sulfonamides is 1. The van der Waals surface area contributed by atoms with Crippen molar-refractivity contribution in [2.45, 2.75) is 0 Å². The first-order chi connectivity index (χ1) is 5.97. The van der Waals surface area contributed by atoms with Crippen molar-refractivity contribution in [1.82, 2.24) is 0 Å². The number of halogens is 1. The highest BCUT2D eigenvalue weighted by molar-refractivity contribution is 9.10. The fourth-order valence-electron chi connectivity index (χ4n) is 0.747. The van der Waals surface area contributed by atoms with Crippen molar-refractivity contribution in [3.63, 3.8) is 0 Å². The summed E-state index contributed by atoms with van der Waals surface area (Å²) in [5.41, 5.74) is 0.789. The van der Waals surface area contributed by atoms with Crippen molar-refractivity contribution < 1.29 is 8.42 Å². The van der Waals surface area contributed by atoms with Crippen LogP contribution in [0.2, 0.25) is 0 Å². The van der Waals surface area contributed by atoms with Gasteiger partial charge in [0.2, 0.25) is 10.0 Å². The molecule has 13 heavy (non-hydrogen) atoms. The molecule has 5 heteroatoms. The molecule has 0 saturated carbocycles. The Hall–Kier alpha value is -0.650. The zero-order chi connectivity index (χ0) is 9.90. The lowest BCUT2D eigenvalue weighted by Crippen LogP contribution is -2.06. The molecule has 0 aromatic heterocycles. The SMILES string of the molecule is NS(=O)(=O)C=Cc1ccc(Br)cc1. The smallest absolute Gasteiger partial charge is 0.225 e. The van der Waals surface area contributed by atoms with E-state index in [0.29, 0.717) is 0 Å². The lowest BCUT2D eigenvalue weighted by Gasteiger charge is -1.92. The number of nitrogens with two attached hydrogens (primary N) is 1. The second-order valence-electron chi connectivity index (χ2n) is 2.44. The molecule has 0 aliphatic carbocycles. The van der Waals surface area contributed by atoms with E-state index >= 15 is 0 Å². The van der Waals surface area contributed by atoms with Crippen LogP contribution in [-0.4, -0.2) is 8.42 Å². The molecule has 0 fully saturated rings. The zero-order valence-corrected chi connectivity index (χ0v) is 9.05. The number of benzene rings is 1. The van der Waals surface area contributed by atoms with Gasteiger partial charge in [-0.25, -0.2) is 13.6 Å². The molecule has 0 bridgehead atoms. The van der Waals surface area contributed by atoms with Gasteiger partial charge in [0.05, 0.1) is 0 Å². The summed E-state index contributed by atoms with van der Waals surface area (Å²) in [4.78, 5) is 0. The van der Waals surface area contributed by atoms with E-state index < -0.39 is 10.0 Å². The molecule has 1 aromatic rings. The van der Waals surface area contributed by atoms with Gasteiger partial charge in [-0.05, 0) is 23.8 Å². The van der Waals surface area contributed by atoms with Crippen LogP contribution in [0.1, 0.15) is 5.56 Å². The third-order valence-corrected chi connectivity index (χ3v) is 2.36. The van der Waals surface area contributed by atoms with Crippen molar-refractivity contribution in [3.8, 4) is 0 Å². The molecule has 0 amide bonds. The zero-order valence-electron chi connectivity index (χ0n) is 6.64. The number of hydrogen-bond acceptors (Lipinski definition) is 2. The second kappa shape index (κ2) is 4.04. The Morgan fingerprint density at radius 2 is 1.77 bits per heavy atom. The Labute approximate surface area is 85.4 Å². The number of sulfonamides is 1. The monoisotopic (exact) mass is 261 g/mol. The number of rotatable bonds is 2. The molecular formula is C8H8BrNO2S. The van der Waals surface area contributed by atoms with Gasteiger partial charge in [0.25, 0.3) is 0 Å². The predicted molar refractivity (Wildman–Crippen MR) is 56.3 cm³/mol. The topological polar surface area (TPSA) is 60.2 Å². The Bertz CT molecular complexity index is 408. The highest BCUT2D eigenvalue weighted by atomic mass is 79.9. The molecule has 0 radical (unpaired) electrons. The van der Waals surface area contributed by atoms with E-state index in [9.17, 15) is 8.42 Å². The maximum atomic E-state index is 10.6. The summed E-state index contributed by atoms with van der Waals surface area (Å²) in [5.74, 6) is 0. The van der Waals surface area contributed by atoms with Crippen molar-refractivity contribution in [2.75, 3.05) is 0 Å². The van der Waals surface area contributed by atoms with Gasteiger partial charge in [-0.1, -0.05) is 28.1 Å². The van der Waals surface area contributed by atoms with Crippen LogP contribution in [0.5, 0.6) is 0 Å². The summed E-state index contributed by atoms with van der Waals surface area (Å²) in [6.07, 6.45) is 1.45. The highest BCUT2D eigenvalue weighted by Crippen LogP contribution is 2.11. The van der Waals surface area contributed by atoms with Gasteiger partial charge in [0.15, 0.2) is 0 Å². The Morgan fingerprint density at radius 1 is 1.23 bits per heavy atom. The number of hydrogen-bond donors (Lipinski definition) is 1. The summed E-state index contributed by atoms with van der Waals surface area (Å²) in [6.45, 7) is 0. The van der Waals surface area contributed by atoms with Gasteiger partial charge >= 0.3 is 0 Å². The molecule has 1 aromatic carbocycles.